The molecule has 5 heteroatoms. The summed E-state index contributed by atoms with van der Waals surface area (Å²) >= 11 is 0. The van der Waals surface area contributed by atoms with Gasteiger partial charge < -0.3 is 10.4 Å². The van der Waals surface area contributed by atoms with E-state index in [4.69, 9.17) is 0 Å². The Morgan fingerprint density at radius 2 is 1.80 bits per heavy atom. The number of carbonyl (C=O) groups is 1. The maximum Gasteiger partial charge on any atom is 0.272 e. The Morgan fingerprint density at radius 3 is 2.24 bits per heavy atom. The van der Waals surface area contributed by atoms with Crippen molar-refractivity contribution in [1.29, 1.82) is 0 Å². The summed E-state index contributed by atoms with van der Waals surface area (Å²) in [5.41, 5.74) is 3.17. The van der Waals surface area contributed by atoms with Crippen LogP contribution in [0.15, 0.2) is 30.3 Å². The fourth-order valence-corrected chi connectivity index (χ4v) is 2.64. The van der Waals surface area contributed by atoms with Crippen molar-refractivity contribution in [2.24, 2.45) is 0 Å². The summed E-state index contributed by atoms with van der Waals surface area (Å²) in [6, 6.07) is 9.45. The van der Waals surface area contributed by atoms with E-state index in [0.29, 0.717) is 18.2 Å². The maximum atomic E-state index is 12.5. The SMILES string of the molecule is CC(C)c1cc(C(=O)NCc2ccc([C@H](C)O)cc2)nn1C(C)(C)C. The van der Waals surface area contributed by atoms with E-state index in [1.807, 2.05) is 35.0 Å². The van der Waals surface area contributed by atoms with Gasteiger partial charge >= 0.3 is 0 Å². The molecule has 0 aliphatic rings. The summed E-state index contributed by atoms with van der Waals surface area (Å²) in [5, 5.41) is 17.0. The normalized spacial score (nSPS) is 13.1. The Kier molecular flexibility index (Phi) is 5.68. The highest BCUT2D eigenvalue weighted by molar-refractivity contribution is 5.92. The molecular formula is C20H29N3O2. The first kappa shape index (κ1) is 19.2. The predicted molar refractivity (Wildman–Crippen MR) is 99.6 cm³/mol. The molecule has 0 spiro atoms. The summed E-state index contributed by atoms with van der Waals surface area (Å²) in [7, 11) is 0. The van der Waals surface area contributed by atoms with E-state index in [1.54, 1.807) is 6.92 Å². The number of rotatable bonds is 5. The zero-order chi connectivity index (χ0) is 18.8. The van der Waals surface area contributed by atoms with E-state index >= 15 is 0 Å². The number of aromatic nitrogens is 2. The van der Waals surface area contributed by atoms with Gasteiger partial charge in [0.05, 0.1) is 11.6 Å². The number of benzene rings is 1. The number of amides is 1. The van der Waals surface area contributed by atoms with Crippen LogP contribution >= 0.6 is 0 Å². The Balaban J connectivity index is 2.10. The summed E-state index contributed by atoms with van der Waals surface area (Å²) in [6.07, 6.45) is -0.487. The van der Waals surface area contributed by atoms with Crippen LogP contribution in [-0.2, 0) is 12.1 Å². The van der Waals surface area contributed by atoms with E-state index in [2.05, 4.69) is 45.0 Å². The van der Waals surface area contributed by atoms with Crippen LogP contribution in [0.1, 0.15) is 80.9 Å². The van der Waals surface area contributed by atoms with Crippen molar-refractivity contribution in [3.05, 3.63) is 52.8 Å². The average molecular weight is 343 g/mol. The first-order valence-electron chi connectivity index (χ1n) is 8.75. The summed E-state index contributed by atoms with van der Waals surface area (Å²) < 4.78 is 1.93. The molecule has 2 aromatic rings. The third-order valence-electron chi connectivity index (χ3n) is 4.11. The Morgan fingerprint density at radius 1 is 1.20 bits per heavy atom. The van der Waals surface area contributed by atoms with Gasteiger partial charge in [0.15, 0.2) is 0 Å². The largest absolute Gasteiger partial charge is 0.389 e. The van der Waals surface area contributed by atoms with Crippen molar-refractivity contribution in [2.75, 3.05) is 0 Å². The number of nitrogens with zero attached hydrogens (tertiary/aromatic N) is 2. The zero-order valence-corrected chi connectivity index (χ0v) is 16.0. The molecule has 136 valence electrons. The van der Waals surface area contributed by atoms with Crippen molar-refractivity contribution in [3.8, 4) is 0 Å². The predicted octanol–water partition coefficient (Wildman–Crippen LogP) is 3.74. The van der Waals surface area contributed by atoms with E-state index in [1.165, 1.54) is 0 Å². The van der Waals surface area contributed by atoms with Gasteiger partial charge in [0.1, 0.15) is 5.69 Å². The minimum atomic E-state index is -0.487. The van der Waals surface area contributed by atoms with Gasteiger partial charge in [-0.1, -0.05) is 38.1 Å². The van der Waals surface area contributed by atoms with Gasteiger partial charge in [-0.3, -0.25) is 9.48 Å². The number of hydrogen-bond donors (Lipinski definition) is 2. The van der Waals surface area contributed by atoms with Crippen molar-refractivity contribution >= 4 is 5.91 Å². The van der Waals surface area contributed by atoms with Crippen LogP contribution in [0.4, 0.5) is 0 Å². The van der Waals surface area contributed by atoms with E-state index in [9.17, 15) is 9.90 Å². The van der Waals surface area contributed by atoms with Crippen LogP contribution in [0.2, 0.25) is 0 Å². The average Bonchev–Trinajstić information content (AvgIpc) is 2.99. The molecule has 0 saturated carbocycles. The Hall–Kier alpha value is -2.14. The second-order valence-corrected chi connectivity index (χ2v) is 7.79. The molecular weight excluding hydrogens is 314 g/mol. The highest BCUT2D eigenvalue weighted by atomic mass is 16.3. The first-order valence-corrected chi connectivity index (χ1v) is 8.75. The number of aliphatic hydroxyl groups is 1. The fraction of sp³-hybridized carbons (Fsp3) is 0.500. The Bertz CT molecular complexity index is 722. The maximum absolute atomic E-state index is 12.5. The van der Waals surface area contributed by atoms with Crippen LogP contribution in [0.3, 0.4) is 0 Å². The molecule has 1 aromatic carbocycles. The van der Waals surface area contributed by atoms with E-state index in [-0.39, 0.29) is 11.4 Å². The molecule has 1 amide bonds. The molecule has 25 heavy (non-hydrogen) atoms. The summed E-state index contributed by atoms with van der Waals surface area (Å²) in [5.74, 6) is 0.116. The lowest BCUT2D eigenvalue weighted by Gasteiger charge is -2.23. The zero-order valence-electron chi connectivity index (χ0n) is 16.0. The summed E-state index contributed by atoms with van der Waals surface area (Å²) in [6.45, 7) is 12.6. The number of hydrogen-bond acceptors (Lipinski definition) is 3. The van der Waals surface area contributed by atoms with Gasteiger partial charge in [-0.05, 0) is 50.8 Å². The van der Waals surface area contributed by atoms with Crippen molar-refractivity contribution < 1.29 is 9.90 Å². The summed E-state index contributed by atoms with van der Waals surface area (Å²) in [4.78, 5) is 12.5. The minimum Gasteiger partial charge on any atom is -0.389 e. The van der Waals surface area contributed by atoms with Crippen LogP contribution in [0, 0.1) is 0 Å². The van der Waals surface area contributed by atoms with Crippen LogP contribution in [-0.4, -0.2) is 20.8 Å². The number of nitrogens with one attached hydrogen (secondary N) is 1. The number of aliphatic hydroxyl groups excluding tert-OH is 1. The second kappa shape index (κ2) is 7.40. The molecule has 2 N–H and O–H groups in total. The lowest BCUT2D eigenvalue weighted by atomic mass is 10.1. The quantitative estimate of drug-likeness (QED) is 0.869. The second-order valence-electron chi connectivity index (χ2n) is 7.79. The molecule has 0 aliphatic carbocycles. The monoisotopic (exact) mass is 343 g/mol. The smallest absolute Gasteiger partial charge is 0.272 e. The standard InChI is InChI=1S/C20H29N3O2/c1-13(2)18-11-17(22-23(18)20(4,5)6)19(25)21-12-15-7-9-16(10-8-15)14(3)24/h7-11,13-14,24H,12H2,1-6H3,(H,21,25)/t14-/m0/s1. The van der Waals surface area contributed by atoms with Gasteiger partial charge in [-0.2, -0.15) is 5.10 Å². The van der Waals surface area contributed by atoms with Gasteiger partial charge in [0.2, 0.25) is 0 Å². The molecule has 0 bridgehead atoms. The lowest BCUT2D eigenvalue weighted by Crippen LogP contribution is -2.27. The van der Waals surface area contributed by atoms with Crippen molar-refractivity contribution in [2.45, 2.75) is 65.6 Å². The van der Waals surface area contributed by atoms with Crippen LogP contribution in [0.25, 0.3) is 0 Å². The number of carbonyl (C=O) groups excluding carboxylic acids is 1. The van der Waals surface area contributed by atoms with E-state index < -0.39 is 6.10 Å². The molecule has 0 aliphatic heterocycles. The molecule has 1 aromatic heterocycles. The molecule has 0 saturated heterocycles. The third kappa shape index (κ3) is 4.69. The topological polar surface area (TPSA) is 67.2 Å². The highest BCUT2D eigenvalue weighted by Crippen LogP contribution is 2.23. The molecule has 0 fully saturated rings. The van der Waals surface area contributed by atoms with Crippen LogP contribution in [0.5, 0.6) is 0 Å². The molecule has 5 nitrogen and oxygen atoms in total. The molecule has 1 heterocycles. The van der Waals surface area contributed by atoms with Gasteiger partial charge in [-0.25, -0.2) is 0 Å². The van der Waals surface area contributed by atoms with Crippen molar-refractivity contribution in [1.82, 2.24) is 15.1 Å². The van der Waals surface area contributed by atoms with Gasteiger partial charge in [-0.15, -0.1) is 0 Å². The van der Waals surface area contributed by atoms with Crippen LogP contribution < -0.4 is 5.32 Å². The van der Waals surface area contributed by atoms with Gasteiger partial charge in [0, 0.05) is 12.2 Å². The fourth-order valence-electron chi connectivity index (χ4n) is 2.64. The minimum absolute atomic E-state index is 0.172. The molecule has 0 radical (unpaired) electrons. The highest BCUT2D eigenvalue weighted by Gasteiger charge is 2.23. The van der Waals surface area contributed by atoms with Gasteiger partial charge in [0.25, 0.3) is 5.91 Å². The Labute approximate surface area is 150 Å². The third-order valence-corrected chi connectivity index (χ3v) is 4.11. The molecule has 2 rings (SSSR count). The lowest BCUT2D eigenvalue weighted by molar-refractivity contribution is 0.0944. The molecule has 1 atom stereocenters. The van der Waals surface area contributed by atoms with E-state index in [0.717, 1.165) is 16.8 Å². The molecule has 0 unspecified atom stereocenters. The first-order chi connectivity index (χ1) is 11.6. The van der Waals surface area contributed by atoms with Crippen molar-refractivity contribution in [3.63, 3.8) is 0 Å².